The van der Waals surface area contributed by atoms with Crippen molar-refractivity contribution >= 4 is 5.91 Å². The van der Waals surface area contributed by atoms with Gasteiger partial charge in [0.05, 0.1) is 12.2 Å². The van der Waals surface area contributed by atoms with Gasteiger partial charge in [-0.25, -0.2) is 9.97 Å². The lowest BCUT2D eigenvalue weighted by atomic mass is 9.95. The van der Waals surface area contributed by atoms with Crippen LogP contribution >= 0.6 is 0 Å². The number of carbonyl (C=O) groups is 1. The standard InChI is InChI=1S/C15H22N6O2/c1-9-8-17-15(23-9)10(2)21-6-4-11(5-7-21)12-18-13(20-19-12)14(22)16-3/h8,10-11H,4-7H2,1-3H3,(H,16,22)(H,18,19,20). The van der Waals surface area contributed by atoms with E-state index in [1.165, 1.54) is 0 Å². The van der Waals surface area contributed by atoms with Crippen molar-refractivity contribution in [2.24, 2.45) is 0 Å². The zero-order valence-corrected chi connectivity index (χ0v) is 13.7. The van der Waals surface area contributed by atoms with Gasteiger partial charge in [0.2, 0.25) is 11.7 Å². The van der Waals surface area contributed by atoms with Gasteiger partial charge in [-0.05, 0) is 39.8 Å². The smallest absolute Gasteiger partial charge is 0.290 e. The van der Waals surface area contributed by atoms with Crippen molar-refractivity contribution in [1.29, 1.82) is 0 Å². The Morgan fingerprint density at radius 2 is 2.22 bits per heavy atom. The number of oxazole rings is 1. The van der Waals surface area contributed by atoms with Crippen molar-refractivity contribution < 1.29 is 9.21 Å². The number of rotatable bonds is 4. The maximum absolute atomic E-state index is 11.5. The Labute approximate surface area is 134 Å². The summed E-state index contributed by atoms with van der Waals surface area (Å²) < 4.78 is 5.63. The van der Waals surface area contributed by atoms with E-state index in [0.717, 1.165) is 43.4 Å². The molecule has 1 saturated heterocycles. The Balaban J connectivity index is 1.60. The predicted molar refractivity (Wildman–Crippen MR) is 83.0 cm³/mol. The second-order valence-electron chi connectivity index (χ2n) is 5.92. The molecule has 0 radical (unpaired) electrons. The lowest BCUT2D eigenvalue weighted by molar-refractivity contribution is 0.0953. The fraction of sp³-hybridized carbons (Fsp3) is 0.600. The van der Waals surface area contributed by atoms with Gasteiger partial charge in [-0.3, -0.25) is 14.8 Å². The summed E-state index contributed by atoms with van der Waals surface area (Å²) in [5.41, 5.74) is 0. The van der Waals surface area contributed by atoms with Gasteiger partial charge in [0, 0.05) is 13.0 Å². The van der Waals surface area contributed by atoms with E-state index >= 15 is 0 Å². The van der Waals surface area contributed by atoms with Crippen molar-refractivity contribution in [3.63, 3.8) is 0 Å². The van der Waals surface area contributed by atoms with Gasteiger partial charge in [-0.15, -0.1) is 5.10 Å². The van der Waals surface area contributed by atoms with Crippen LogP contribution in [0.1, 0.15) is 59.8 Å². The molecule has 8 nitrogen and oxygen atoms in total. The van der Waals surface area contributed by atoms with Gasteiger partial charge in [0.15, 0.2) is 0 Å². The molecule has 0 bridgehead atoms. The zero-order valence-electron chi connectivity index (χ0n) is 13.7. The maximum atomic E-state index is 11.5. The summed E-state index contributed by atoms with van der Waals surface area (Å²) in [6.07, 6.45) is 3.69. The highest BCUT2D eigenvalue weighted by Gasteiger charge is 2.28. The molecule has 1 amide bonds. The number of aromatic nitrogens is 4. The highest BCUT2D eigenvalue weighted by atomic mass is 16.4. The molecular formula is C15H22N6O2. The minimum Gasteiger partial charge on any atom is -0.444 e. The van der Waals surface area contributed by atoms with Gasteiger partial charge in [0.25, 0.3) is 5.91 Å². The van der Waals surface area contributed by atoms with Crippen molar-refractivity contribution in [1.82, 2.24) is 30.4 Å². The molecule has 23 heavy (non-hydrogen) atoms. The highest BCUT2D eigenvalue weighted by molar-refractivity contribution is 5.89. The fourth-order valence-electron chi connectivity index (χ4n) is 2.95. The molecule has 0 spiro atoms. The number of carbonyl (C=O) groups excluding carboxylic acids is 1. The van der Waals surface area contributed by atoms with Crippen molar-refractivity contribution in [3.05, 3.63) is 29.5 Å². The highest BCUT2D eigenvalue weighted by Crippen LogP contribution is 2.30. The molecule has 1 atom stereocenters. The second-order valence-corrected chi connectivity index (χ2v) is 5.92. The normalized spacial score (nSPS) is 18.0. The molecule has 0 aromatic carbocycles. The topological polar surface area (TPSA) is 99.9 Å². The quantitative estimate of drug-likeness (QED) is 0.884. The van der Waals surface area contributed by atoms with Crippen LogP contribution in [-0.4, -0.2) is 51.1 Å². The molecule has 8 heteroatoms. The van der Waals surface area contributed by atoms with E-state index in [1.807, 2.05) is 6.92 Å². The van der Waals surface area contributed by atoms with E-state index in [-0.39, 0.29) is 17.8 Å². The van der Waals surface area contributed by atoms with Gasteiger partial charge >= 0.3 is 0 Å². The summed E-state index contributed by atoms with van der Waals surface area (Å²) in [5, 5.41) is 9.41. The maximum Gasteiger partial charge on any atom is 0.290 e. The van der Waals surface area contributed by atoms with Gasteiger partial charge in [-0.2, -0.15) is 0 Å². The van der Waals surface area contributed by atoms with Crippen LogP contribution in [0.15, 0.2) is 10.6 Å². The summed E-state index contributed by atoms with van der Waals surface area (Å²) in [4.78, 5) is 22.5. The average molecular weight is 318 g/mol. The number of aryl methyl sites for hydroxylation is 1. The van der Waals surface area contributed by atoms with Gasteiger partial charge in [-0.1, -0.05) is 0 Å². The van der Waals surface area contributed by atoms with Crippen LogP contribution in [0.4, 0.5) is 0 Å². The molecular weight excluding hydrogens is 296 g/mol. The summed E-state index contributed by atoms with van der Waals surface area (Å²) >= 11 is 0. The van der Waals surface area contributed by atoms with Crippen LogP contribution in [0.25, 0.3) is 0 Å². The minimum atomic E-state index is -0.266. The van der Waals surface area contributed by atoms with Crippen molar-refractivity contribution in [2.75, 3.05) is 20.1 Å². The number of H-pyrrole nitrogens is 1. The van der Waals surface area contributed by atoms with E-state index in [4.69, 9.17) is 4.42 Å². The first-order valence-corrected chi connectivity index (χ1v) is 7.89. The summed E-state index contributed by atoms with van der Waals surface area (Å²) in [6, 6.07) is 0.167. The van der Waals surface area contributed by atoms with Gasteiger partial charge in [0.1, 0.15) is 11.6 Å². The lowest BCUT2D eigenvalue weighted by Crippen LogP contribution is -2.35. The Bertz CT molecular complexity index is 671. The fourth-order valence-corrected chi connectivity index (χ4v) is 2.95. The molecule has 1 fully saturated rings. The Kier molecular flexibility index (Phi) is 4.42. The molecule has 3 rings (SSSR count). The summed E-state index contributed by atoms with van der Waals surface area (Å²) in [7, 11) is 1.57. The lowest BCUT2D eigenvalue weighted by Gasteiger charge is -2.33. The summed E-state index contributed by atoms with van der Waals surface area (Å²) in [5.74, 6) is 2.64. The second kappa shape index (κ2) is 6.49. The molecule has 2 N–H and O–H groups in total. The number of aromatic amines is 1. The monoisotopic (exact) mass is 318 g/mol. The molecule has 3 heterocycles. The molecule has 2 aromatic heterocycles. The van der Waals surface area contributed by atoms with E-state index in [2.05, 4.69) is 37.3 Å². The molecule has 0 aliphatic carbocycles. The third-order valence-corrected chi connectivity index (χ3v) is 4.39. The van der Waals surface area contributed by atoms with Crippen LogP contribution in [0.5, 0.6) is 0 Å². The number of nitrogens with one attached hydrogen (secondary N) is 2. The number of hydrogen-bond donors (Lipinski definition) is 2. The number of piperidine rings is 1. The van der Waals surface area contributed by atoms with Crippen LogP contribution in [-0.2, 0) is 0 Å². The Morgan fingerprint density at radius 1 is 1.48 bits per heavy atom. The third kappa shape index (κ3) is 3.26. The number of likely N-dealkylation sites (tertiary alicyclic amines) is 1. The average Bonchev–Trinajstić information content (AvgIpc) is 3.23. The van der Waals surface area contributed by atoms with Crippen LogP contribution in [0.2, 0.25) is 0 Å². The molecule has 2 aromatic rings. The first kappa shape index (κ1) is 15.7. The van der Waals surface area contributed by atoms with E-state index in [9.17, 15) is 4.79 Å². The van der Waals surface area contributed by atoms with Crippen LogP contribution in [0.3, 0.4) is 0 Å². The third-order valence-electron chi connectivity index (χ3n) is 4.39. The number of hydrogen-bond acceptors (Lipinski definition) is 6. The van der Waals surface area contributed by atoms with Crippen LogP contribution < -0.4 is 5.32 Å². The molecule has 124 valence electrons. The number of nitrogens with zero attached hydrogens (tertiary/aromatic N) is 4. The van der Waals surface area contributed by atoms with Gasteiger partial charge < -0.3 is 9.73 Å². The van der Waals surface area contributed by atoms with Crippen LogP contribution in [0, 0.1) is 6.92 Å². The van der Waals surface area contributed by atoms with E-state index < -0.39 is 0 Å². The van der Waals surface area contributed by atoms with E-state index in [1.54, 1.807) is 13.2 Å². The van der Waals surface area contributed by atoms with Crippen molar-refractivity contribution in [3.8, 4) is 0 Å². The molecule has 0 saturated carbocycles. The van der Waals surface area contributed by atoms with E-state index in [0.29, 0.717) is 5.92 Å². The molecule has 1 aliphatic rings. The first-order valence-electron chi connectivity index (χ1n) is 7.89. The largest absolute Gasteiger partial charge is 0.444 e. The summed E-state index contributed by atoms with van der Waals surface area (Å²) in [6.45, 7) is 5.89. The Morgan fingerprint density at radius 3 is 2.83 bits per heavy atom. The first-order chi connectivity index (χ1) is 11.1. The zero-order chi connectivity index (χ0) is 16.4. The molecule has 1 unspecified atom stereocenters. The Hall–Kier alpha value is -2.22. The minimum absolute atomic E-state index is 0.167. The van der Waals surface area contributed by atoms with Crippen molar-refractivity contribution in [2.45, 2.75) is 38.6 Å². The molecule has 1 aliphatic heterocycles. The SMILES string of the molecule is CNC(=O)c1n[nH]c(C2CCN(C(C)c3ncc(C)o3)CC2)n1. The predicted octanol–water partition coefficient (Wildman–Crippen LogP) is 1.40. The number of amides is 1.